The fourth-order valence-electron chi connectivity index (χ4n) is 2.63. The lowest BCUT2D eigenvalue weighted by molar-refractivity contribution is -0.318. The molecule has 0 radical (unpaired) electrons. The summed E-state index contributed by atoms with van der Waals surface area (Å²) in [6.45, 7) is -2.32. The molecular weight excluding hydrogens is 320 g/mol. The number of ether oxygens (including phenoxy) is 3. The van der Waals surface area contributed by atoms with Crippen molar-refractivity contribution in [3.05, 3.63) is 0 Å². The molecule has 2 aliphatic rings. The highest BCUT2D eigenvalue weighted by Gasteiger charge is 2.56. The van der Waals surface area contributed by atoms with Gasteiger partial charge in [0.1, 0.15) is 42.7 Å². The quantitative estimate of drug-likeness (QED) is 0.238. The molecule has 0 spiro atoms. The van der Waals surface area contributed by atoms with Crippen LogP contribution in [0.5, 0.6) is 0 Å². The van der Waals surface area contributed by atoms with E-state index in [-0.39, 0.29) is 0 Å². The predicted octanol–water partition coefficient (Wildman–Crippen LogP) is -5.40. The third-order valence-corrected chi connectivity index (χ3v) is 4.04. The number of aliphatic hydroxyl groups is 8. The van der Waals surface area contributed by atoms with Gasteiger partial charge in [-0.05, 0) is 0 Å². The lowest BCUT2D eigenvalue weighted by Gasteiger charge is -2.41. The van der Waals surface area contributed by atoms with Crippen molar-refractivity contribution in [3.63, 3.8) is 0 Å². The molecule has 0 aromatic carbocycles. The van der Waals surface area contributed by atoms with Crippen molar-refractivity contribution < 1.29 is 55.1 Å². The molecule has 23 heavy (non-hydrogen) atoms. The van der Waals surface area contributed by atoms with Gasteiger partial charge in [0.2, 0.25) is 5.79 Å². The summed E-state index contributed by atoms with van der Waals surface area (Å²) in [7, 11) is 0. The molecule has 2 fully saturated rings. The summed E-state index contributed by atoms with van der Waals surface area (Å²) >= 11 is 0. The van der Waals surface area contributed by atoms with Gasteiger partial charge < -0.3 is 55.1 Å². The molecule has 0 amide bonds. The molecule has 0 aliphatic carbocycles. The van der Waals surface area contributed by atoms with Crippen molar-refractivity contribution in [2.24, 2.45) is 0 Å². The third-order valence-electron chi connectivity index (χ3n) is 4.04. The monoisotopic (exact) mass is 342 g/mol. The van der Waals surface area contributed by atoms with Crippen molar-refractivity contribution in [2.45, 2.75) is 54.8 Å². The van der Waals surface area contributed by atoms with Crippen molar-refractivity contribution in [2.75, 3.05) is 19.8 Å². The van der Waals surface area contributed by atoms with Crippen molar-refractivity contribution in [1.82, 2.24) is 0 Å². The first kappa shape index (κ1) is 18.9. The summed E-state index contributed by atoms with van der Waals surface area (Å²) in [5, 5.41) is 76.5. The van der Waals surface area contributed by atoms with Gasteiger partial charge in [-0.2, -0.15) is 0 Å². The van der Waals surface area contributed by atoms with Crippen LogP contribution in [-0.2, 0) is 14.2 Å². The molecule has 0 aromatic rings. The maximum atomic E-state index is 10.00. The van der Waals surface area contributed by atoms with E-state index in [9.17, 15) is 30.6 Å². The van der Waals surface area contributed by atoms with Gasteiger partial charge in [-0.15, -0.1) is 0 Å². The van der Waals surface area contributed by atoms with Gasteiger partial charge in [0, 0.05) is 0 Å². The van der Waals surface area contributed by atoms with Crippen molar-refractivity contribution in [3.8, 4) is 0 Å². The largest absolute Gasteiger partial charge is 0.394 e. The van der Waals surface area contributed by atoms with E-state index in [0.717, 1.165) is 0 Å². The average molecular weight is 342 g/mol. The molecule has 2 saturated heterocycles. The summed E-state index contributed by atoms with van der Waals surface area (Å²) in [5.41, 5.74) is 0. The number of hydrogen-bond acceptors (Lipinski definition) is 11. The maximum Gasteiger partial charge on any atom is 0.219 e. The lowest BCUT2D eigenvalue weighted by atomic mass is 9.99. The van der Waals surface area contributed by atoms with E-state index >= 15 is 0 Å². The fourth-order valence-corrected chi connectivity index (χ4v) is 2.63. The smallest absolute Gasteiger partial charge is 0.219 e. The topological polar surface area (TPSA) is 190 Å². The maximum absolute atomic E-state index is 10.00. The molecule has 2 aliphatic heterocycles. The highest BCUT2D eigenvalue weighted by atomic mass is 16.7. The van der Waals surface area contributed by atoms with Gasteiger partial charge in [-0.25, -0.2) is 0 Å². The number of aliphatic hydroxyl groups excluding tert-OH is 7. The Bertz CT molecular complexity index is 393. The fraction of sp³-hybridized carbons (Fsp3) is 1.00. The zero-order chi connectivity index (χ0) is 17.4. The Labute approximate surface area is 130 Å². The molecule has 136 valence electrons. The predicted molar refractivity (Wildman–Crippen MR) is 68.6 cm³/mol. The average Bonchev–Trinajstić information content (AvgIpc) is 2.80. The normalized spacial score (nSPS) is 51.1. The van der Waals surface area contributed by atoms with E-state index in [4.69, 9.17) is 24.4 Å². The first-order valence-electron chi connectivity index (χ1n) is 7.05. The molecule has 0 aromatic heterocycles. The minimum Gasteiger partial charge on any atom is -0.394 e. The Morgan fingerprint density at radius 3 is 2.00 bits per heavy atom. The molecule has 3 unspecified atom stereocenters. The number of hydrogen-bond donors (Lipinski definition) is 8. The minimum absolute atomic E-state index is 0.668. The van der Waals surface area contributed by atoms with Crippen molar-refractivity contribution >= 4 is 0 Å². The highest BCUT2D eigenvalue weighted by Crippen LogP contribution is 2.33. The Morgan fingerprint density at radius 2 is 1.48 bits per heavy atom. The van der Waals surface area contributed by atoms with E-state index < -0.39 is 74.6 Å². The molecular formula is C12H22O11. The molecule has 11 nitrogen and oxygen atoms in total. The van der Waals surface area contributed by atoms with E-state index in [0.29, 0.717) is 0 Å². The minimum atomic E-state index is -2.37. The molecule has 2 rings (SSSR count). The van der Waals surface area contributed by atoms with Crippen molar-refractivity contribution in [1.29, 1.82) is 0 Å². The lowest BCUT2D eigenvalue weighted by Crippen LogP contribution is -2.60. The van der Waals surface area contributed by atoms with E-state index in [1.165, 1.54) is 0 Å². The van der Waals surface area contributed by atoms with Crippen LogP contribution in [0, 0.1) is 0 Å². The zero-order valence-corrected chi connectivity index (χ0v) is 12.0. The molecule has 0 bridgehead atoms. The van der Waals surface area contributed by atoms with Crippen LogP contribution < -0.4 is 0 Å². The Balaban J connectivity index is 2.13. The first-order chi connectivity index (χ1) is 10.8. The second-order valence-corrected chi connectivity index (χ2v) is 5.58. The summed E-state index contributed by atoms with van der Waals surface area (Å²) < 4.78 is 15.3. The van der Waals surface area contributed by atoms with Crippen LogP contribution in [0.2, 0.25) is 0 Å². The van der Waals surface area contributed by atoms with Crippen LogP contribution in [0.3, 0.4) is 0 Å². The Hall–Kier alpha value is -0.440. The van der Waals surface area contributed by atoms with Gasteiger partial charge in [0.25, 0.3) is 0 Å². The molecule has 9 atom stereocenters. The van der Waals surface area contributed by atoms with Gasteiger partial charge >= 0.3 is 0 Å². The zero-order valence-electron chi connectivity index (χ0n) is 12.0. The summed E-state index contributed by atoms with van der Waals surface area (Å²) in [6.07, 6.45) is -12.2. The Kier molecular flexibility index (Phi) is 5.92. The Morgan fingerprint density at radius 1 is 0.870 bits per heavy atom. The van der Waals surface area contributed by atoms with Gasteiger partial charge in [0.15, 0.2) is 6.29 Å². The second kappa shape index (κ2) is 7.21. The van der Waals surface area contributed by atoms with E-state index in [1.807, 2.05) is 0 Å². The summed E-state index contributed by atoms with van der Waals surface area (Å²) in [6, 6.07) is 0. The summed E-state index contributed by atoms with van der Waals surface area (Å²) in [5.74, 6) is -2.37. The first-order valence-corrected chi connectivity index (χ1v) is 7.05. The van der Waals surface area contributed by atoms with Gasteiger partial charge in [0.05, 0.1) is 19.8 Å². The highest BCUT2D eigenvalue weighted by molar-refractivity contribution is 4.98. The SMILES string of the molecule is OCC1O[C@@H](OC2[C@@H](O)[C@@](O)(CO)O[C@@H]2CO)[C@@H](O)C(O)[C@H]1O. The van der Waals surface area contributed by atoms with Gasteiger partial charge in [-0.1, -0.05) is 0 Å². The van der Waals surface area contributed by atoms with Crippen LogP contribution in [0.4, 0.5) is 0 Å². The van der Waals surface area contributed by atoms with E-state index in [2.05, 4.69) is 0 Å². The van der Waals surface area contributed by atoms with Crippen LogP contribution in [0.1, 0.15) is 0 Å². The summed E-state index contributed by atoms with van der Waals surface area (Å²) in [4.78, 5) is 0. The molecule has 0 saturated carbocycles. The molecule has 11 heteroatoms. The van der Waals surface area contributed by atoms with E-state index in [1.54, 1.807) is 0 Å². The van der Waals surface area contributed by atoms with Crippen LogP contribution in [-0.4, -0.2) is 115 Å². The standard InChI is InChI=1S/C12H22O11/c13-1-4-6(16)7(17)8(18)11(21-4)22-9-5(2-14)23-12(20,3-15)10(9)19/h4-11,13-20H,1-3H2/t4?,5-,6+,7?,8+,9?,10-,11+,12-/m1/s1. The second-order valence-electron chi connectivity index (χ2n) is 5.58. The van der Waals surface area contributed by atoms with Gasteiger partial charge in [-0.3, -0.25) is 0 Å². The molecule has 2 heterocycles. The van der Waals surface area contributed by atoms with Crippen LogP contribution in [0.15, 0.2) is 0 Å². The van der Waals surface area contributed by atoms with Crippen LogP contribution in [0.25, 0.3) is 0 Å². The third kappa shape index (κ3) is 3.36. The molecule has 8 N–H and O–H groups in total. The van der Waals surface area contributed by atoms with Crippen LogP contribution >= 0.6 is 0 Å². The number of rotatable bonds is 5.